The molecule has 0 aromatic heterocycles. The van der Waals surface area contributed by atoms with Gasteiger partial charge in [-0.05, 0) is 49.9 Å². The lowest BCUT2D eigenvalue weighted by molar-refractivity contribution is -0.121. The largest absolute Gasteiger partial charge is 0.493 e. The number of hydrogen-bond acceptors (Lipinski definition) is 4. The van der Waals surface area contributed by atoms with Gasteiger partial charge in [-0.1, -0.05) is 23.7 Å². The number of rotatable bonds is 7. The van der Waals surface area contributed by atoms with Crippen molar-refractivity contribution in [1.82, 2.24) is 5.32 Å². The molecule has 1 aliphatic rings. The summed E-state index contributed by atoms with van der Waals surface area (Å²) in [4.78, 5) is 12.3. The third kappa shape index (κ3) is 5.32. The van der Waals surface area contributed by atoms with E-state index in [2.05, 4.69) is 5.32 Å². The van der Waals surface area contributed by atoms with Crippen LogP contribution < -0.4 is 19.5 Å². The van der Waals surface area contributed by atoms with Crippen molar-refractivity contribution in [3.05, 3.63) is 52.8 Å². The van der Waals surface area contributed by atoms with Crippen molar-refractivity contribution in [1.29, 1.82) is 0 Å². The minimum Gasteiger partial charge on any atom is -0.493 e. The third-order valence-electron chi connectivity index (χ3n) is 5.10. The Morgan fingerprint density at radius 2 is 1.76 bits per heavy atom. The first-order valence-corrected chi connectivity index (χ1v) is 9.99. The Hall–Kier alpha value is -2.47. The highest BCUT2D eigenvalue weighted by Gasteiger charge is 2.25. The maximum absolute atomic E-state index is 13.9. The Balaban J connectivity index is 1.51. The van der Waals surface area contributed by atoms with E-state index >= 15 is 0 Å². The first kappa shape index (κ1) is 21.2. The van der Waals surface area contributed by atoms with Gasteiger partial charge in [0.05, 0.1) is 26.7 Å². The first-order valence-electron chi connectivity index (χ1n) is 9.61. The number of carbonyl (C=O) groups excluding carboxylic acids is 1. The Morgan fingerprint density at radius 1 is 1.07 bits per heavy atom. The molecular weight excluding hydrogens is 397 g/mol. The van der Waals surface area contributed by atoms with Gasteiger partial charge in [0.2, 0.25) is 11.7 Å². The fraction of sp³-hybridized carbons (Fsp3) is 0.409. The smallest absolute Gasteiger partial charge is 0.224 e. The van der Waals surface area contributed by atoms with Crippen LogP contribution in [0.5, 0.6) is 17.2 Å². The second-order valence-corrected chi connectivity index (χ2v) is 7.43. The van der Waals surface area contributed by atoms with Crippen LogP contribution in [-0.2, 0) is 11.2 Å². The zero-order valence-electron chi connectivity index (χ0n) is 16.5. The van der Waals surface area contributed by atoms with Gasteiger partial charge in [-0.25, -0.2) is 4.39 Å². The molecule has 0 heterocycles. The number of ether oxygens (including phenoxy) is 3. The van der Waals surface area contributed by atoms with E-state index in [0.717, 1.165) is 25.7 Å². The molecule has 1 amide bonds. The minimum atomic E-state index is -0.461. The van der Waals surface area contributed by atoms with E-state index < -0.39 is 5.82 Å². The van der Waals surface area contributed by atoms with Gasteiger partial charge in [0.15, 0.2) is 11.5 Å². The summed E-state index contributed by atoms with van der Waals surface area (Å²) in [6.45, 7) is 0. The standard InChI is InChI=1S/C22H25ClFNO4/c1-27-19-7-4-8-20(22(19)28-2)29-15-11-9-14(10-12-15)25-21(26)13-16-17(23)5-3-6-18(16)24/h3-8,14-15H,9-13H2,1-2H3,(H,25,26). The van der Waals surface area contributed by atoms with Gasteiger partial charge < -0.3 is 19.5 Å². The molecule has 0 atom stereocenters. The minimum absolute atomic E-state index is 0.0326. The molecule has 3 rings (SSSR count). The number of para-hydroxylation sites is 1. The molecule has 1 fully saturated rings. The van der Waals surface area contributed by atoms with Gasteiger partial charge in [-0.3, -0.25) is 4.79 Å². The van der Waals surface area contributed by atoms with E-state index in [1.165, 1.54) is 12.1 Å². The van der Waals surface area contributed by atoms with E-state index in [4.69, 9.17) is 25.8 Å². The lowest BCUT2D eigenvalue weighted by atomic mass is 9.92. The van der Waals surface area contributed by atoms with Gasteiger partial charge in [0.25, 0.3) is 0 Å². The maximum atomic E-state index is 13.9. The van der Waals surface area contributed by atoms with Crippen LogP contribution in [0.25, 0.3) is 0 Å². The molecule has 0 radical (unpaired) electrons. The maximum Gasteiger partial charge on any atom is 0.224 e. The van der Waals surface area contributed by atoms with Gasteiger partial charge in [0.1, 0.15) is 5.82 Å². The van der Waals surface area contributed by atoms with Gasteiger partial charge in [-0.15, -0.1) is 0 Å². The lowest BCUT2D eigenvalue weighted by Crippen LogP contribution is -2.40. The summed E-state index contributed by atoms with van der Waals surface area (Å²) < 4.78 is 30.7. The number of carbonyl (C=O) groups is 1. The van der Waals surface area contributed by atoms with E-state index in [9.17, 15) is 9.18 Å². The molecule has 7 heteroatoms. The summed E-state index contributed by atoms with van der Waals surface area (Å²) in [5.74, 6) is 1.16. The molecule has 1 aliphatic carbocycles. The van der Waals surface area contributed by atoms with Crippen LogP contribution in [-0.4, -0.2) is 32.3 Å². The number of methoxy groups -OCH3 is 2. The molecule has 2 aromatic rings. The molecule has 2 aromatic carbocycles. The fourth-order valence-corrected chi connectivity index (χ4v) is 3.83. The molecule has 0 unspecified atom stereocenters. The number of benzene rings is 2. The van der Waals surface area contributed by atoms with Crippen LogP contribution in [0.3, 0.4) is 0 Å². The number of amides is 1. The monoisotopic (exact) mass is 421 g/mol. The van der Waals surface area contributed by atoms with E-state index in [1.54, 1.807) is 20.3 Å². The van der Waals surface area contributed by atoms with Crippen molar-refractivity contribution < 1.29 is 23.4 Å². The molecule has 0 bridgehead atoms. The average molecular weight is 422 g/mol. The van der Waals surface area contributed by atoms with Crippen LogP contribution in [0.15, 0.2) is 36.4 Å². The Bertz CT molecular complexity index is 832. The van der Waals surface area contributed by atoms with Crippen LogP contribution >= 0.6 is 11.6 Å². The van der Waals surface area contributed by atoms with Gasteiger partial charge >= 0.3 is 0 Å². The van der Waals surface area contributed by atoms with Crippen molar-refractivity contribution in [2.45, 2.75) is 44.2 Å². The Kier molecular flexibility index (Phi) is 7.20. The highest BCUT2D eigenvalue weighted by Crippen LogP contribution is 2.38. The zero-order valence-corrected chi connectivity index (χ0v) is 17.3. The highest BCUT2D eigenvalue weighted by atomic mass is 35.5. The second kappa shape index (κ2) is 9.83. The zero-order chi connectivity index (χ0) is 20.8. The number of halogens is 2. The normalized spacial score (nSPS) is 18.8. The number of hydrogen-bond donors (Lipinski definition) is 1. The van der Waals surface area contributed by atoms with E-state index in [-0.39, 0.29) is 35.1 Å². The summed E-state index contributed by atoms with van der Waals surface area (Å²) in [5.41, 5.74) is 0.230. The van der Waals surface area contributed by atoms with Crippen molar-refractivity contribution in [2.24, 2.45) is 0 Å². The van der Waals surface area contributed by atoms with Crippen molar-refractivity contribution in [2.75, 3.05) is 14.2 Å². The molecule has 156 valence electrons. The van der Waals surface area contributed by atoms with Gasteiger partial charge in [0, 0.05) is 16.6 Å². The predicted octanol–water partition coefficient (Wildman–Crippen LogP) is 4.55. The molecule has 29 heavy (non-hydrogen) atoms. The van der Waals surface area contributed by atoms with Crippen molar-refractivity contribution in [3.63, 3.8) is 0 Å². The van der Waals surface area contributed by atoms with Crippen LogP contribution in [0.2, 0.25) is 5.02 Å². The van der Waals surface area contributed by atoms with Crippen LogP contribution in [0.1, 0.15) is 31.2 Å². The first-order chi connectivity index (χ1) is 14.0. The predicted molar refractivity (Wildman–Crippen MR) is 109 cm³/mol. The molecule has 1 N–H and O–H groups in total. The quantitative estimate of drug-likeness (QED) is 0.712. The molecular formula is C22H25ClFNO4. The topological polar surface area (TPSA) is 56.8 Å². The molecule has 0 spiro atoms. The molecule has 0 saturated heterocycles. The summed E-state index contributed by atoms with van der Waals surface area (Å²) in [5, 5.41) is 3.25. The summed E-state index contributed by atoms with van der Waals surface area (Å²) in [6.07, 6.45) is 3.13. The molecule has 5 nitrogen and oxygen atoms in total. The SMILES string of the molecule is COc1cccc(OC2CCC(NC(=O)Cc3c(F)cccc3Cl)CC2)c1OC. The summed E-state index contributed by atoms with van der Waals surface area (Å²) in [6, 6.07) is 9.99. The third-order valence-corrected chi connectivity index (χ3v) is 5.45. The Morgan fingerprint density at radius 3 is 2.41 bits per heavy atom. The average Bonchev–Trinajstić information content (AvgIpc) is 2.72. The highest BCUT2D eigenvalue weighted by molar-refractivity contribution is 6.31. The van der Waals surface area contributed by atoms with Crippen LogP contribution in [0.4, 0.5) is 4.39 Å². The fourth-order valence-electron chi connectivity index (χ4n) is 3.60. The Labute approximate surface area is 175 Å². The van der Waals surface area contributed by atoms with Gasteiger partial charge in [-0.2, -0.15) is 0 Å². The van der Waals surface area contributed by atoms with Crippen molar-refractivity contribution >= 4 is 17.5 Å². The van der Waals surface area contributed by atoms with E-state index in [1.807, 2.05) is 18.2 Å². The van der Waals surface area contributed by atoms with Crippen LogP contribution in [0, 0.1) is 5.82 Å². The second-order valence-electron chi connectivity index (χ2n) is 7.03. The van der Waals surface area contributed by atoms with E-state index in [0.29, 0.717) is 17.2 Å². The number of nitrogens with one attached hydrogen (secondary N) is 1. The molecule has 1 saturated carbocycles. The molecule has 0 aliphatic heterocycles. The lowest BCUT2D eigenvalue weighted by Gasteiger charge is -2.30. The summed E-state index contributed by atoms with van der Waals surface area (Å²) >= 11 is 6.00. The summed E-state index contributed by atoms with van der Waals surface area (Å²) in [7, 11) is 3.17. The van der Waals surface area contributed by atoms with Crippen molar-refractivity contribution in [3.8, 4) is 17.2 Å².